The number of aliphatic hydroxyl groups is 1. The van der Waals surface area contributed by atoms with Crippen molar-refractivity contribution in [3.05, 3.63) is 59.4 Å². The fraction of sp³-hybridized carbons (Fsp3) is 0.519. The Labute approximate surface area is 194 Å². The van der Waals surface area contributed by atoms with Gasteiger partial charge in [0.15, 0.2) is 0 Å². The van der Waals surface area contributed by atoms with Gasteiger partial charge in [-0.25, -0.2) is 4.39 Å². The number of benzene rings is 2. The minimum absolute atomic E-state index is 0.170. The van der Waals surface area contributed by atoms with Crippen LogP contribution >= 0.6 is 0 Å². The van der Waals surface area contributed by atoms with Gasteiger partial charge in [0.2, 0.25) is 0 Å². The first-order valence-electron chi connectivity index (χ1n) is 11.8. The summed E-state index contributed by atoms with van der Waals surface area (Å²) < 4.78 is 30.6. The third-order valence-corrected chi connectivity index (χ3v) is 7.18. The SMILES string of the molecule is COC(=O)C[C@H](c1cccc(OC[C@H]2CC[C@](O)(c3cc(OC)ccc3F)CC2)c1)C1CC1. The largest absolute Gasteiger partial charge is 0.497 e. The highest BCUT2D eigenvalue weighted by Gasteiger charge is 2.37. The topological polar surface area (TPSA) is 65.0 Å². The van der Waals surface area contributed by atoms with E-state index in [4.69, 9.17) is 14.2 Å². The Morgan fingerprint density at radius 1 is 1.09 bits per heavy atom. The summed E-state index contributed by atoms with van der Waals surface area (Å²) in [6.07, 6.45) is 5.14. The first kappa shape index (κ1) is 23.6. The van der Waals surface area contributed by atoms with Gasteiger partial charge in [-0.15, -0.1) is 0 Å². The van der Waals surface area contributed by atoms with Crippen LogP contribution in [0, 0.1) is 17.7 Å². The highest BCUT2D eigenvalue weighted by Crippen LogP contribution is 2.45. The lowest BCUT2D eigenvalue weighted by molar-refractivity contribution is -0.141. The average Bonchev–Trinajstić information content (AvgIpc) is 3.68. The second-order valence-corrected chi connectivity index (χ2v) is 9.43. The minimum Gasteiger partial charge on any atom is -0.497 e. The lowest BCUT2D eigenvalue weighted by Gasteiger charge is -2.36. The number of rotatable bonds is 9. The highest BCUT2D eigenvalue weighted by molar-refractivity contribution is 5.70. The van der Waals surface area contributed by atoms with Crippen LogP contribution in [0.3, 0.4) is 0 Å². The molecular weight excluding hydrogens is 423 g/mol. The summed E-state index contributed by atoms with van der Waals surface area (Å²) in [4.78, 5) is 11.9. The van der Waals surface area contributed by atoms with Crippen molar-refractivity contribution in [3.8, 4) is 11.5 Å². The summed E-state index contributed by atoms with van der Waals surface area (Å²) >= 11 is 0. The van der Waals surface area contributed by atoms with Gasteiger partial charge in [-0.1, -0.05) is 12.1 Å². The molecule has 0 amide bonds. The molecule has 1 N–H and O–H groups in total. The molecule has 2 fully saturated rings. The Kier molecular flexibility index (Phi) is 7.23. The zero-order valence-electron chi connectivity index (χ0n) is 19.4. The number of hydrogen-bond donors (Lipinski definition) is 1. The van der Waals surface area contributed by atoms with Crippen LogP contribution in [0.15, 0.2) is 42.5 Å². The van der Waals surface area contributed by atoms with E-state index in [0.717, 1.165) is 37.0 Å². The summed E-state index contributed by atoms with van der Waals surface area (Å²) in [6.45, 7) is 0.547. The van der Waals surface area contributed by atoms with Gasteiger partial charge < -0.3 is 19.3 Å². The van der Waals surface area contributed by atoms with Gasteiger partial charge in [0.1, 0.15) is 17.3 Å². The first-order valence-corrected chi connectivity index (χ1v) is 11.8. The molecule has 0 saturated heterocycles. The van der Waals surface area contributed by atoms with Crippen LogP contribution in [0.25, 0.3) is 0 Å². The number of carbonyl (C=O) groups excluding carboxylic acids is 1. The minimum atomic E-state index is -1.18. The van der Waals surface area contributed by atoms with Gasteiger partial charge in [-0.05, 0) is 92.2 Å². The molecule has 2 aromatic carbocycles. The Bertz CT molecular complexity index is 963. The predicted octanol–water partition coefficient (Wildman–Crippen LogP) is 5.35. The van der Waals surface area contributed by atoms with Gasteiger partial charge in [0.05, 0.1) is 32.8 Å². The summed E-state index contributed by atoms with van der Waals surface area (Å²) in [5.74, 6) is 1.75. The standard InChI is InChI=1S/C27H33FO5/c1-31-21-8-9-25(28)24(15-21)27(30)12-10-18(11-13-27)17-33-22-5-3-4-20(14-22)23(19-6-7-19)16-26(29)32-2/h3-5,8-9,14-15,18-19,23,30H,6-7,10-13,16-17H2,1-2H3/t18-,23-,27+/m0/s1. The molecular formula is C27H33FO5. The Hall–Kier alpha value is -2.60. The fourth-order valence-electron chi connectivity index (χ4n) is 4.95. The zero-order chi connectivity index (χ0) is 23.4. The van der Waals surface area contributed by atoms with Gasteiger partial charge in [-0.2, -0.15) is 0 Å². The van der Waals surface area contributed by atoms with Crippen molar-refractivity contribution in [1.82, 2.24) is 0 Å². The third-order valence-electron chi connectivity index (χ3n) is 7.18. The zero-order valence-corrected chi connectivity index (χ0v) is 19.4. The molecule has 0 heterocycles. The van der Waals surface area contributed by atoms with Crippen LogP contribution in [0.4, 0.5) is 4.39 Å². The average molecular weight is 457 g/mol. The summed E-state index contributed by atoms with van der Waals surface area (Å²) in [6, 6.07) is 12.5. The molecule has 2 aromatic rings. The molecule has 1 atom stereocenters. The van der Waals surface area contributed by atoms with E-state index in [1.54, 1.807) is 12.1 Å². The smallest absolute Gasteiger partial charge is 0.306 e. The molecule has 0 aliphatic heterocycles. The van der Waals surface area contributed by atoms with E-state index >= 15 is 0 Å². The van der Waals surface area contributed by atoms with Gasteiger partial charge in [0, 0.05) is 5.56 Å². The van der Waals surface area contributed by atoms with Crippen molar-refractivity contribution in [1.29, 1.82) is 0 Å². The van der Waals surface area contributed by atoms with E-state index in [1.165, 1.54) is 20.3 Å². The van der Waals surface area contributed by atoms with Crippen LogP contribution < -0.4 is 9.47 Å². The normalized spacial score (nSPS) is 23.6. The molecule has 4 rings (SSSR count). The van der Waals surface area contributed by atoms with E-state index in [1.807, 2.05) is 18.2 Å². The molecule has 0 spiro atoms. The fourth-order valence-corrected chi connectivity index (χ4v) is 4.95. The number of hydrogen-bond acceptors (Lipinski definition) is 5. The van der Waals surface area contributed by atoms with Crippen molar-refractivity contribution in [3.63, 3.8) is 0 Å². The quantitative estimate of drug-likeness (QED) is 0.516. The van der Waals surface area contributed by atoms with Crippen LogP contribution in [0.2, 0.25) is 0 Å². The first-order chi connectivity index (χ1) is 15.9. The van der Waals surface area contributed by atoms with Gasteiger partial charge >= 0.3 is 5.97 Å². The van der Waals surface area contributed by atoms with Crippen molar-refractivity contribution in [2.24, 2.45) is 11.8 Å². The second-order valence-electron chi connectivity index (χ2n) is 9.43. The number of halogens is 1. The maximum atomic E-state index is 14.4. The molecule has 2 aliphatic carbocycles. The monoisotopic (exact) mass is 456 g/mol. The molecule has 2 saturated carbocycles. The third kappa shape index (κ3) is 5.67. The van der Waals surface area contributed by atoms with Gasteiger partial charge in [0.25, 0.3) is 0 Å². The molecule has 0 bridgehead atoms. The van der Waals surface area contributed by atoms with Crippen molar-refractivity contribution < 1.29 is 28.5 Å². The number of methoxy groups -OCH3 is 2. The van der Waals surface area contributed by atoms with Crippen molar-refractivity contribution in [2.45, 2.75) is 56.5 Å². The molecule has 0 radical (unpaired) electrons. The summed E-state index contributed by atoms with van der Waals surface area (Å²) in [5.41, 5.74) is 0.248. The van der Waals surface area contributed by atoms with Crippen LogP contribution in [-0.4, -0.2) is 31.9 Å². The van der Waals surface area contributed by atoms with Crippen molar-refractivity contribution >= 4 is 5.97 Å². The molecule has 0 unspecified atom stereocenters. The predicted molar refractivity (Wildman–Crippen MR) is 123 cm³/mol. The second kappa shape index (κ2) is 10.1. The van der Waals surface area contributed by atoms with E-state index in [9.17, 15) is 14.3 Å². The lowest BCUT2D eigenvalue weighted by atomic mass is 9.75. The number of esters is 1. The molecule has 0 aromatic heterocycles. The number of carbonyl (C=O) groups is 1. The Morgan fingerprint density at radius 2 is 1.85 bits per heavy atom. The molecule has 178 valence electrons. The van der Waals surface area contributed by atoms with E-state index in [-0.39, 0.29) is 17.8 Å². The maximum Gasteiger partial charge on any atom is 0.306 e. The van der Waals surface area contributed by atoms with E-state index in [2.05, 4.69) is 6.07 Å². The van der Waals surface area contributed by atoms with Crippen molar-refractivity contribution in [2.75, 3.05) is 20.8 Å². The van der Waals surface area contributed by atoms with Crippen LogP contribution in [0.5, 0.6) is 11.5 Å². The summed E-state index contributed by atoms with van der Waals surface area (Å²) in [5, 5.41) is 11.1. The Balaban J connectivity index is 1.35. The van der Waals surface area contributed by atoms with Crippen LogP contribution in [0.1, 0.15) is 62.0 Å². The Morgan fingerprint density at radius 3 is 2.52 bits per heavy atom. The van der Waals surface area contributed by atoms with E-state index in [0.29, 0.717) is 43.1 Å². The highest BCUT2D eigenvalue weighted by atomic mass is 19.1. The lowest BCUT2D eigenvalue weighted by Crippen LogP contribution is -2.34. The number of ether oxygens (including phenoxy) is 3. The van der Waals surface area contributed by atoms with Gasteiger partial charge in [-0.3, -0.25) is 4.79 Å². The summed E-state index contributed by atoms with van der Waals surface area (Å²) in [7, 11) is 2.96. The molecule has 2 aliphatic rings. The van der Waals surface area contributed by atoms with E-state index < -0.39 is 11.4 Å². The maximum absolute atomic E-state index is 14.4. The molecule has 5 nitrogen and oxygen atoms in total. The molecule has 6 heteroatoms. The van der Waals surface area contributed by atoms with Crippen LogP contribution in [-0.2, 0) is 15.1 Å². The molecule has 33 heavy (non-hydrogen) atoms.